The first kappa shape index (κ1) is 12.5. The van der Waals surface area contributed by atoms with Crippen molar-refractivity contribution in [2.24, 2.45) is 5.14 Å². The summed E-state index contributed by atoms with van der Waals surface area (Å²) in [4.78, 5) is 2.96. The number of nitrogens with two attached hydrogens (primary N) is 1. The molecule has 2 N–H and O–H groups in total. The Kier molecular flexibility index (Phi) is 3.21. The topological polar surface area (TPSA) is 96.8 Å². The summed E-state index contributed by atoms with van der Waals surface area (Å²) >= 11 is 0. The molecule has 0 aliphatic heterocycles. The van der Waals surface area contributed by atoms with Gasteiger partial charge in [-0.2, -0.15) is 5.26 Å². The molecule has 0 fully saturated rings. The summed E-state index contributed by atoms with van der Waals surface area (Å²) in [5.74, 6) is 0. The van der Waals surface area contributed by atoms with Gasteiger partial charge in [0.25, 0.3) is 6.43 Å². The lowest BCUT2D eigenvalue weighted by atomic mass is 10.2. The Bertz CT molecular complexity index is 563. The van der Waals surface area contributed by atoms with Gasteiger partial charge in [-0.15, -0.1) is 0 Å². The van der Waals surface area contributed by atoms with Crippen molar-refractivity contribution >= 4 is 10.0 Å². The van der Waals surface area contributed by atoms with E-state index in [0.29, 0.717) is 0 Å². The second-order valence-corrected chi connectivity index (χ2v) is 4.49. The summed E-state index contributed by atoms with van der Waals surface area (Å²) in [7, 11) is -4.07. The van der Waals surface area contributed by atoms with E-state index in [0.717, 1.165) is 6.07 Å². The summed E-state index contributed by atoms with van der Waals surface area (Å²) in [5.41, 5.74) is -1.39. The fourth-order valence-electron chi connectivity index (χ4n) is 1.15. The Morgan fingerprint density at radius 2 is 2.12 bits per heavy atom. The number of aryl methyl sites for hydroxylation is 1. The van der Waals surface area contributed by atoms with Crippen molar-refractivity contribution in [2.45, 2.75) is 18.2 Å². The predicted molar refractivity (Wildman–Crippen MR) is 50.0 cm³/mol. The standard InChI is InChI=1S/C8H7F2N3O2S/c1-4-6(16(12,14)15)2-5(3-11)7(13-4)8(9)10/h2,8H,1H3,(H2,12,14,15). The second kappa shape index (κ2) is 4.11. The van der Waals surface area contributed by atoms with Crippen LogP contribution in [-0.2, 0) is 10.0 Å². The van der Waals surface area contributed by atoms with Crippen LogP contribution < -0.4 is 5.14 Å². The van der Waals surface area contributed by atoms with E-state index in [1.54, 1.807) is 0 Å². The lowest BCUT2D eigenvalue weighted by Gasteiger charge is -2.07. The molecule has 1 aromatic heterocycles. The van der Waals surface area contributed by atoms with Gasteiger partial charge in [-0.1, -0.05) is 0 Å². The van der Waals surface area contributed by atoms with Crippen LogP contribution in [0.15, 0.2) is 11.0 Å². The van der Waals surface area contributed by atoms with Crippen molar-refractivity contribution in [3.63, 3.8) is 0 Å². The average molecular weight is 247 g/mol. The molecule has 16 heavy (non-hydrogen) atoms. The number of nitrogens with zero attached hydrogens (tertiary/aromatic N) is 2. The Morgan fingerprint density at radius 1 is 1.56 bits per heavy atom. The van der Waals surface area contributed by atoms with Crippen molar-refractivity contribution in [3.05, 3.63) is 23.0 Å². The van der Waals surface area contributed by atoms with E-state index in [9.17, 15) is 17.2 Å². The van der Waals surface area contributed by atoms with Crippen LogP contribution in [0.5, 0.6) is 0 Å². The summed E-state index contributed by atoms with van der Waals surface area (Å²) in [5, 5.41) is 13.4. The summed E-state index contributed by atoms with van der Waals surface area (Å²) in [6.07, 6.45) is -2.94. The van der Waals surface area contributed by atoms with Crippen molar-refractivity contribution in [1.82, 2.24) is 4.98 Å². The highest BCUT2D eigenvalue weighted by Crippen LogP contribution is 2.24. The highest BCUT2D eigenvalue weighted by molar-refractivity contribution is 7.89. The maximum atomic E-state index is 12.4. The Labute approximate surface area is 90.6 Å². The van der Waals surface area contributed by atoms with Gasteiger partial charge in [0.05, 0.1) is 11.3 Å². The molecule has 1 rings (SSSR count). The zero-order valence-corrected chi connectivity index (χ0v) is 8.92. The number of hydrogen-bond acceptors (Lipinski definition) is 4. The van der Waals surface area contributed by atoms with Crippen LogP contribution in [-0.4, -0.2) is 13.4 Å². The molecule has 86 valence electrons. The molecule has 0 aromatic carbocycles. The van der Waals surface area contributed by atoms with Crippen molar-refractivity contribution in [2.75, 3.05) is 0 Å². The van der Waals surface area contributed by atoms with Crippen molar-refractivity contribution in [1.29, 1.82) is 5.26 Å². The minimum atomic E-state index is -4.07. The first-order valence-corrected chi connectivity index (χ1v) is 5.54. The van der Waals surface area contributed by atoms with Gasteiger partial charge in [0.2, 0.25) is 10.0 Å². The predicted octanol–water partition coefficient (Wildman–Crippen LogP) is 0.847. The molecular weight excluding hydrogens is 240 g/mol. The van der Waals surface area contributed by atoms with E-state index in [2.05, 4.69) is 4.98 Å². The van der Waals surface area contributed by atoms with Crippen molar-refractivity contribution in [3.8, 4) is 6.07 Å². The lowest BCUT2D eigenvalue weighted by molar-refractivity contribution is 0.145. The number of sulfonamides is 1. The fourth-order valence-corrected chi connectivity index (χ4v) is 1.89. The van der Waals surface area contributed by atoms with E-state index in [1.807, 2.05) is 0 Å². The second-order valence-electron chi connectivity index (χ2n) is 2.96. The van der Waals surface area contributed by atoms with Gasteiger partial charge in [-0.3, -0.25) is 0 Å². The minimum Gasteiger partial charge on any atom is -0.249 e. The molecule has 0 aliphatic rings. The first-order valence-electron chi connectivity index (χ1n) is 4.00. The highest BCUT2D eigenvalue weighted by atomic mass is 32.2. The minimum absolute atomic E-state index is 0.156. The number of primary sulfonamides is 1. The van der Waals surface area contributed by atoms with Gasteiger partial charge in [-0.05, 0) is 13.0 Å². The molecule has 0 spiro atoms. The maximum Gasteiger partial charge on any atom is 0.281 e. The third-order valence-electron chi connectivity index (χ3n) is 1.83. The SMILES string of the molecule is Cc1nc(C(F)F)c(C#N)cc1S(N)(=O)=O. The lowest BCUT2D eigenvalue weighted by Crippen LogP contribution is -2.15. The number of aromatic nitrogens is 1. The molecule has 1 heterocycles. The molecule has 0 bridgehead atoms. The number of nitriles is 1. The largest absolute Gasteiger partial charge is 0.281 e. The van der Waals surface area contributed by atoms with Gasteiger partial charge in [-0.25, -0.2) is 27.3 Å². The smallest absolute Gasteiger partial charge is 0.249 e. The first-order chi connectivity index (χ1) is 7.27. The van der Waals surface area contributed by atoms with Crippen LogP contribution >= 0.6 is 0 Å². The van der Waals surface area contributed by atoms with E-state index < -0.39 is 32.6 Å². The van der Waals surface area contributed by atoms with Crippen LogP contribution in [0.1, 0.15) is 23.4 Å². The Balaban J connectivity index is 3.58. The van der Waals surface area contributed by atoms with E-state index in [4.69, 9.17) is 10.4 Å². The zero-order chi connectivity index (χ0) is 12.5. The Morgan fingerprint density at radius 3 is 2.50 bits per heavy atom. The normalized spacial score (nSPS) is 11.5. The number of hydrogen-bond donors (Lipinski definition) is 1. The van der Waals surface area contributed by atoms with Gasteiger partial charge in [0.15, 0.2) is 0 Å². The maximum absolute atomic E-state index is 12.4. The third-order valence-corrected chi connectivity index (χ3v) is 2.86. The van der Waals surface area contributed by atoms with E-state index in [1.165, 1.54) is 13.0 Å². The fraction of sp³-hybridized carbons (Fsp3) is 0.250. The molecule has 0 amide bonds. The molecule has 8 heteroatoms. The van der Waals surface area contributed by atoms with Gasteiger partial charge in [0.1, 0.15) is 16.7 Å². The van der Waals surface area contributed by atoms with Crippen LogP contribution in [0.4, 0.5) is 8.78 Å². The Hall–Kier alpha value is -1.59. The molecular formula is C8H7F2N3O2S. The molecule has 0 unspecified atom stereocenters. The molecule has 1 aromatic rings. The van der Waals surface area contributed by atoms with Gasteiger partial charge in [0, 0.05) is 0 Å². The number of rotatable bonds is 2. The number of alkyl halides is 2. The number of halogens is 2. The zero-order valence-electron chi connectivity index (χ0n) is 8.11. The quantitative estimate of drug-likeness (QED) is 0.837. The monoisotopic (exact) mass is 247 g/mol. The van der Waals surface area contributed by atoms with Crippen LogP contribution in [0.3, 0.4) is 0 Å². The van der Waals surface area contributed by atoms with Crippen LogP contribution in [0.2, 0.25) is 0 Å². The third kappa shape index (κ3) is 2.32. The molecule has 0 saturated heterocycles. The molecule has 0 radical (unpaired) electrons. The molecule has 0 saturated carbocycles. The molecule has 0 aliphatic carbocycles. The highest BCUT2D eigenvalue weighted by Gasteiger charge is 2.21. The van der Waals surface area contributed by atoms with Gasteiger partial charge < -0.3 is 0 Å². The van der Waals surface area contributed by atoms with Crippen molar-refractivity contribution < 1.29 is 17.2 Å². The van der Waals surface area contributed by atoms with E-state index in [-0.39, 0.29) is 5.69 Å². The van der Waals surface area contributed by atoms with E-state index >= 15 is 0 Å². The summed E-state index contributed by atoms with van der Waals surface area (Å²) < 4.78 is 46.9. The molecule has 0 atom stereocenters. The average Bonchev–Trinajstić information content (AvgIpc) is 2.15. The molecule has 5 nitrogen and oxygen atoms in total. The van der Waals surface area contributed by atoms with Crippen LogP contribution in [0.25, 0.3) is 0 Å². The van der Waals surface area contributed by atoms with Gasteiger partial charge >= 0.3 is 0 Å². The number of pyridine rings is 1. The van der Waals surface area contributed by atoms with Crippen LogP contribution in [0, 0.1) is 18.3 Å². The summed E-state index contributed by atoms with van der Waals surface area (Å²) in [6.45, 7) is 1.23. The summed E-state index contributed by atoms with van der Waals surface area (Å²) in [6, 6.07) is 2.26.